The summed E-state index contributed by atoms with van der Waals surface area (Å²) in [6, 6.07) is 11.1. The molecule has 2 heterocycles. The van der Waals surface area contributed by atoms with Crippen LogP contribution in [0.3, 0.4) is 0 Å². The molecule has 0 bridgehead atoms. The minimum atomic E-state index is -3.88. The quantitative estimate of drug-likeness (QED) is 0.586. The van der Waals surface area contributed by atoms with Gasteiger partial charge in [0.1, 0.15) is 13.2 Å². The molecule has 34 heavy (non-hydrogen) atoms. The van der Waals surface area contributed by atoms with Crippen LogP contribution in [0, 0.1) is 5.92 Å². The number of fused-ring (bicyclic) bond motifs is 1. The van der Waals surface area contributed by atoms with Crippen LogP contribution in [0.1, 0.15) is 24.2 Å². The van der Waals surface area contributed by atoms with Crippen molar-refractivity contribution < 1.29 is 27.4 Å². The zero-order valence-corrected chi connectivity index (χ0v) is 20.3. The highest BCUT2D eigenvalue weighted by atomic mass is 32.2. The van der Waals surface area contributed by atoms with Crippen molar-refractivity contribution in [2.45, 2.75) is 24.8 Å². The van der Waals surface area contributed by atoms with E-state index in [9.17, 15) is 13.2 Å². The third kappa shape index (κ3) is 5.81. The zero-order valence-electron chi connectivity index (χ0n) is 19.5. The van der Waals surface area contributed by atoms with E-state index < -0.39 is 10.0 Å². The molecular weight excluding hydrogens is 458 g/mol. The van der Waals surface area contributed by atoms with Crippen LogP contribution in [-0.2, 0) is 14.8 Å². The lowest BCUT2D eigenvalue weighted by atomic mass is 10.0. The van der Waals surface area contributed by atoms with Crippen LogP contribution < -0.4 is 19.5 Å². The number of nitrogens with one attached hydrogen (secondary N) is 2. The Kier molecular flexibility index (Phi) is 7.60. The van der Waals surface area contributed by atoms with Gasteiger partial charge in [0.05, 0.1) is 18.1 Å². The number of nitrogens with zero attached hydrogens (tertiary/aromatic N) is 1. The van der Waals surface area contributed by atoms with Crippen molar-refractivity contribution in [3.8, 4) is 11.5 Å². The maximum absolute atomic E-state index is 12.9. The van der Waals surface area contributed by atoms with Gasteiger partial charge in [0.15, 0.2) is 11.5 Å². The molecule has 4 rings (SSSR count). The first-order chi connectivity index (χ1) is 16.3. The molecule has 1 unspecified atom stereocenters. The summed E-state index contributed by atoms with van der Waals surface area (Å²) >= 11 is 0. The Hall–Kier alpha value is -2.82. The Bertz CT molecular complexity index is 1120. The van der Waals surface area contributed by atoms with Crippen molar-refractivity contribution in [2.24, 2.45) is 5.92 Å². The summed E-state index contributed by atoms with van der Waals surface area (Å²) in [7, 11) is -3.88. The van der Waals surface area contributed by atoms with Gasteiger partial charge >= 0.3 is 0 Å². The van der Waals surface area contributed by atoms with Crippen LogP contribution in [0.4, 0.5) is 5.69 Å². The standard InChI is InChI=1S/C24H31N3O6S/c1-17(2)21(27-8-10-31-11-9-27)16-25-24(28)18-4-3-5-19(14-18)26-34(29,30)20-6-7-22-23(15-20)33-13-12-32-22/h3-7,14-15,17,21,26H,8-13,16H2,1-2H3,(H,25,28). The van der Waals surface area contributed by atoms with Gasteiger partial charge in [-0.3, -0.25) is 14.4 Å². The number of rotatable bonds is 8. The summed E-state index contributed by atoms with van der Waals surface area (Å²) in [5.74, 6) is 1.02. The summed E-state index contributed by atoms with van der Waals surface area (Å²) in [6.07, 6.45) is 0. The third-order valence-corrected chi connectivity index (χ3v) is 7.34. The van der Waals surface area contributed by atoms with Gasteiger partial charge < -0.3 is 19.5 Å². The molecular formula is C24H31N3O6S. The monoisotopic (exact) mass is 489 g/mol. The van der Waals surface area contributed by atoms with E-state index in [0.717, 1.165) is 13.1 Å². The molecule has 0 radical (unpaired) electrons. The minimum absolute atomic E-state index is 0.0527. The molecule has 0 saturated carbocycles. The highest BCUT2D eigenvalue weighted by molar-refractivity contribution is 7.92. The lowest BCUT2D eigenvalue weighted by Gasteiger charge is -2.36. The molecule has 2 aliphatic heterocycles. The second-order valence-corrected chi connectivity index (χ2v) is 10.3. The number of morpholine rings is 1. The Morgan fingerprint density at radius 3 is 2.47 bits per heavy atom. The molecule has 9 nitrogen and oxygen atoms in total. The normalized spacial score (nSPS) is 17.3. The van der Waals surface area contributed by atoms with Crippen molar-refractivity contribution in [3.05, 3.63) is 48.0 Å². The summed E-state index contributed by atoms with van der Waals surface area (Å²) in [5, 5.41) is 3.00. The molecule has 2 aromatic rings. The first-order valence-corrected chi connectivity index (χ1v) is 12.9. The fourth-order valence-corrected chi connectivity index (χ4v) is 5.19. The molecule has 1 amide bonds. The smallest absolute Gasteiger partial charge is 0.262 e. The number of hydrogen-bond acceptors (Lipinski definition) is 7. The highest BCUT2D eigenvalue weighted by Crippen LogP contribution is 2.32. The van der Waals surface area contributed by atoms with Crippen molar-refractivity contribution in [3.63, 3.8) is 0 Å². The van der Waals surface area contributed by atoms with Gasteiger partial charge in [-0.2, -0.15) is 0 Å². The van der Waals surface area contributed by atoms with Crippen molar-refractivity contribution in [1.29, 1.82) is 0 Å². The summed E-state index contributed by atoms with van der Waals surface area (Å²) in [4.78, 5) is 15.2. The Balaban J connectivity index is 1.42. The van der Waals surface area contributed by atoms with Gasteiger partial charge in [0, 0.05) is 43.0 Å². The second kappa shape index (κ2) is 10.6. The number of carbonyl (C=O) groups excluding carboxylic acids is 1. The Labute approximate surface area is 200 Å². The number of benzene rings is 2. The van der Waals surface area contributed by atoms with Crippen LogP contribution in [0.15, 0.2) is 47.4 Å². The number of hydrogen-bond donors (Lipinski definition) is 2. The zero-order chi connectivity index (χ0) is 24.1. The number of sulfonamides is 1. The number of anilines is 1. The van der Waals surface area contributed by atoms with E-state index in [2.05, 4.69) is 28.8 Å². The maximum atomic E-state index is 12.9. The van der Waals surface area contributed by atoms with E-state index in [1.165, 1.54) is 18.2 Å². The largest absolute Gasteiger partial charge is 0.486 e. The van der Waals surface area contributed by atoms with Gasteiger partial charge in [-0.05, 0) is 36.2 Å². The van der Waals surface area contributed by atoms with E-state index in [1.807, 2.05) is 0 Å². The van der Waals surface area contributed by atoms with Gasteiger partial charge in [0.2, 0.25) is 0 Å². The highest BCUT2D eigenvalue weighted by Gasteiger charge is 2.25. The molecule has 0 aliphatic carbocycles. The number of ether oxygens (including phenoxy) is 3. The van der Waals surface area contributed by atoms with Crippen LogP contribution in [-0.4, -0.2) is 71.3 Å². The van der Waals surface area contributed by atoms with E-state index >= 15 is 0 Å². The van der Waals surface area contributed by atoms with Gasteiger partial charge in [-0.15, -0.1) is 0 Å². The first-order valence-electron chi connectivity index (χ1n) is 11.5. The lowest BCUT2D eigenvalue weighted by Crippen LogP contribution is -2.51. The number of amides is 1. The predicted octanol–water partition coefficient (Wildman–Crippen LogP) is 2.35. The van der Waals surface area contributed by atoms with Crippen LogP contribution in [0.25, 0.3) is 0 Å². The fourth-order valence-electron chi connectivity index (χ4n) is 4.12. The first kappa shape index (κ1) is 24.3. The van der Waals surface area contributed by atoms with Gasteiger partial charge in [0.25, 0.3) is 15.9 Å². The molecule has 2 aromatic carbocycles. The summed E-state index contributed by atoms with van der Waals surface area (Å²) in [6.45, 7) is 8.65. The topological polar surface area (TPSA) is 106 Å². The average molecular weight is 490 g/mol. The van der Waals surface area contributed by atoms with E-state index in [4.69, 9.17) is 14.2 Å². The van der Waals surface area contributed by atoms with E-state index in [0.29, 0.717) is 61.6 Å². The lowest BCUT2D eigenvalue weighted by molar-refractivity contribution is 0.00672. The molecule has 184 valence electrons. The molecule has 2 N–H and O–H groups in total. The predicted molar refractivity (Wildman–Crippen MR) is 128 cm³/mol. The van der Waals surface area contributed by atoms with Crippen LogP contribution in [0.5, 0.6) is 11.5 Å². The number of carbonyl (C=O) groups is 1. The van der Waals surface area contributed by atoms with Crippen molar-refractivity contribution >= 4 is 21.6 Å². The molecule has 1 fully saturated rings. The van der Waals surface area contributed by atoms with E-state index in [1.54, 1.807) is 24.3 Å². The van der Waals surface area contributed by atoms with Gasteiger partial charge in [-0.1, -0.05) is 19.9 Å². The fraction of sp³-hybridized carbons (Fsp3) is 0.458. The van der Waals surface area contributed by atoms with Gasteiger partial charge in [-0.25, -0.2) is 8.42 Å². The van der Waals surface area contributed by atoms with E-state index in [-0.39, 0.29) is 16.8 Å². The molecule has 0 aromatic heterocycles. The van der Waals surface area contributed by atoms with Crippen molar-refractivity contribution in [2.75, 3.05) is 50.8 Å². The molecule has 2 aliphatic rings. The Morgan fingerprint density at radius 2 is 1.74 bits per heavy atom. The second-order valence-electron chi connectivity index (χ2n) is 8.66. The van der Waals surface area contributed by atoms with Crippen LogP contribution in [0.2, 0.25) is 0 Å². The van der Waals surface area contributed by atoms with Crippen molar-refractivity contribution in [1.82, 2.24) is 10.2 Å². The minimum Gasteiger partial charge on any atom is -0.486 e. The molecule has 1 saturated heterocycles. The molecule has 10 heteroatoms. The SMILES string of the molecule is CC(C)C(CNC(=O)c1cccc(NS(=O)(=O)c2ccc3c(c2)OCCO3)c1)N1CCOCC1. The maximum Gasteiger partial charge on any atom is 0.262 e. The summed E-state index contributed by atoms with van der Waals surface area (Å²) in [5.41, 5.74) is 0.683. The van der Waals surface area contributed by atoms with Crippen LogP contribution >= 0.6 is 0 Å². The summed E-state index contributed by atoms with van der Waals surface area (Å²) < 4.78 is 44.7. The Morgan fingerprint density at radius 1 is 1.00 bits per heavy atom. The molecule has 0 spiro atoms. The third-order valence-electron chi connectivity index (χ3n) is 5.96. The average Bonchev–Trinajstić information content (AvgIpc) is 2.84. The molecule has 1 atom stereocenters.